The molecule has 0 bridgehead atoms. The van der Waals surface area contributed by atoms with Crippen molar-refractivity contribution in [3.05, 3.63) is 59.4 Å². The number of carbonyl (C=O) groups excluding carboxylic acids is 1. The fourth-order valence-electron chi connectivity index (χ4n) is 4.13. The van der Waals surface area contributed by atoms with E-state index in [0.717, 1.165) is 5.69 Å². The first kappa shape index (κ1) is 23.3. The van der Waals surface area contributed by atoms with Gasteiger partial charge < -0.3 is 20.3 Å². The molecule has 0 spiro atoms. The van der Waals surface area contributed by atoms with Gasteiger partial charge in [0.05, 0.1) is 7.11 Å². The Morgan fingerprint density at radius 1 is 1.03 bits per heavy atom. The number of methoxy groups -OCH3 is 1. The summed E-state index contributed by atoms with van der Waals surface area (Å²) in [5.74, 6) is -0.129. The van der Waals surface area contributed by atoms with Crippen LogP contribution in [0.5, 0.6) is 5.75 Å². The molecule has 1 saturated heterocycles. The molecule has 2 aliphatic rings. The van der Waals surface area contributed by atoms with Crippen LogP contribution in [0, 0.1) is 5.82 Å². The lowest BCUT2D eigenvalue weighted by atomic mass is 9.94. The molecule has 8 heteroatoms. The highest BCUT2D eigenvalue weighted by Crippen LogP contribution is 2.30. The number of anilines is 1. The lowest BCUT2D eigenvalue weighted by Crippen LogP contribution is -2.60. The van der Waals surface area contributed by atoms with Gasteiger partial charge >= 0.3 is 0 Å². The lowest BCUT2D eigenvalue weighted by Gasteiger charge is -2.39. The van der Waals surface area contributed by atoms with Crippen LogP contribution in [0.4, 0.5) is 10.1 Å². The molecule has 1 amide bonds. The lowest BCUT2D eigenvalue weighted by molar-refractivity contribution is -0.137. The quantitative estimate of drug-likeness (QED) is 0.795. The number of nitrogens with two attached hydrogens (primary N) is 1. The van der Waals surface area contributed by atoms with Crippen molar-refractivity contribution >= 4 is 36.4 Å². The molecule has 1 fully saturated rings. The summed E-state index contributed by atoms with van der Waals surface area (Å²) in [6, 6.07) is 13.0. The summed E-state index contributed by atoms with van der Waals surface area (Å²) in [7, 11) is 1.45. The number of amides is 1. The molecule has 5 nitrogen and oxygen atoms in total. The average Bonchev–Trinajstić information content (AvgIpc) is 3.05. The van der Waals surface area contributed by atoms with Crippen LogP contribution in [0.3, 0.4) is 0 Å². The minimum absolute atomic E-state index is 0. The van der Waals surface area contributed by atoms with Gasteiger partial charge in [0.15, 0.2) is 11.6 Å². The van der Waals surface area contributed by atoms with Crippen molar-refractivity contribution in [2.45, 2.75) is 18.4 Å². The Morgan fingerprint density at radius 3 is 2.14 bits per heavy atom. The molecular formula is C21H26Cl2FN3O2. The number of carbonyl (C=O) groups is 1. The van der Waals surface area contributed by atoms with E-state index in [-0.39, 0.29) is 42.3 Å². The maximum Gasteiger partial charge on any atom is 0.243 e. The molecule has 0 unspecified atom stereocenters. The van der Waals surface area contributed by atoms with Crippen LogP contribution >= 0.6 is 24.8 Å². The summed E-state index contributed by atoms with van der Waals surface area (Å²) < 4.78 is 18.9. The predicted octanol–water partition coefficient (Wildman–Crippen LogP) is 2.82. The zero-order valence-corrected chi connectivity index (χ0v) is 17.9. The SMILES string of the molecule is COc1ccc(N2CCN(C(=O)C3(N)Cc4ccccc4C3)CC2)cc1F.Cl.Cl. The summed E-state index contributed by atoms with van der Waals surface area (Å²) in [4.78, 5) is 17.0. The predicted molar refractivity (Wildman–Crippen MR) is 117 cm³/mol. The van der Waals surface area contributed by atoms with Crippen molar-refractivity contribution in [3.8, 4) is 5.75 Å². The second-order valence-corrected chi connectivity index (χ2v) is 7.38. The largest absolute Gasteiger partial charge is 0.494 e. The van der Waals surface area contributed by atoms with Crippen molar-refractivity contribution in [2.24, 2.45) is 5.73 Å². The smallest absolute Gasteiger partial charge is 0.243 e. The van der Waals surface area contributed by atoms with Gasteiger partial charge in [-0.2, -0.15) is 0 Å². The monoisotopic (exact) mass is 441 g/mol. The van der Waals surface area contributed by atoms with Crippen molar-refractivity contribution < 1.29 is 13.9 Å². The third kappa shape index (κ3) is 4.44. The summed E-state index contributed by atoms with van der Waals surface area (Å²) in [5.41, 5.74) is 8.80. The summed E-state index contributed by atoms with van der Waals surface area (Å²) in [6.07, 6.45) is 1.18. The number of fused-ring (bicyclic) bond motifs is 1. The first-order chi connectivity index (χ1) is 13.0. The highest BCUT2D eigenvalue weighted by Gasteiger charge is 2.43. The molecule has 2 N–H and O–H groups in total. The van der Waals surface area contributed by atoms with Crippen LogP contribution in [-0.4, -0.2) is 49.6 Å². The fourth-order valence-corrected chi connectivity index (χ4v) is 4.13. The Bertz CT molecular complexity index is 848. The highest BCUT2D eigenvalue weighted by atomic mass is 35.5. The maximum absolute atomic E-state index is 14.0. The molecular weight excluding hydrogens is 416 g/mol. The van der Waals surface area contributed by atoms with E-state index in [0.29, 0.717) is 39.0 Å². The molecule has 2 aromatic carbocycles. The topological polar surface area (TPSA) is 58.8 Å². The highest BCUT2D eigenvalue weighted by molar-refractivity contribution is 5.88. The Kier molecular flexibility index (Phi) is 7.38. The molecule has 0 saturated carbocycles. The van der Waals surface area contributed by atoms with Crippen molar-refractivity contribution in [1.82, 2.24) is 4.90 Å². The summed E-state index contributed by atoms with van der Waals surface area (Å²) in [5, 5.41) is 0. The van der Waals surface area contributed by atoms with Gasteiger partial charge in [-0.15, -0.1) is 24.8 Å². The number of nitrogens with zero attached hydrogens (tertiary/aromatic N) is 2. The van der Waals surface area contributed by atoms with E-state index in [1.165, 1.54) is 24.3 Å². The van der Waals surface area contributed by atoms with Crippen LogP contribution in [-0.2, 0) is 17.6 Å². The number of halogens is 3. The van der Waals surface area contributed by atoms with E-state index in [9.17, 15) is 9.18 Å². The van der Waals surface area contributed by atoms with E-state index >= 15 is 0 Å². The van der Waals surface area contributed by atoms with Crippen molar-refractivity contribution in [3.63, 3.8) is 0 Å². The minimum atomic E-state index is -0.849. The van der Waals surface area contributed by atoms with Crippen LogP contribution in [0.1, 0.15) is 11.1 Å². The Labute approximate surface area is 182 Å². The van der Waals surface area contributed by atoms with Crippen LogP contribution in [0.25, 0.3) is 0 Å². The molecule has 1 heterocycles. The summed E-state index contributed by atoms with van der Waals surface area (Å²) >= 11 is 0. The van der Waals surface area contributed by atoms with Gasteiger partial charge in [0, 0.05) is 37.9 Å². The second kappa shape index (κ2) is 9.20. The molecule has 0 aromatic heterocycles. The maximum atomic E-state index is 14.0. The Balaban J connectivity index is 0.00000150. The molecule has 1 aliphatic carbocycles. The number of hydrogen-bond acceptors (Lipinski definition) is 4. The van der Waals surface area contributed by atoms with Gasteiger partial charge in [-0.1, -0.05) is 24.3 Å². The second-order valence-electron chi connectivity index (χ2n) is 7.38. The number of hydrogen-bond donors (Lipinski definition) is 1. The van der Waals surface area contributed by atoms with Crippen LogP contribution in [0.15, 0.2) is 42.5 Å². The molecule has 2 aromatic rings. The first-order valence-electron chi connectivity index (χ1n) is 9.24. The van der Waals surface area contributed by atoms with E-state index in [4.69, 9.17) is 10.5 Å². The minimum Gasteiger partial charge on any atom is -0.494 e. The average molecular weight is 442 g/mol. The fraction of sp³-hybridized carbons (Fsp3) is 0.381. The normalized spacial score (nSPS) is 17.1. The number of benzene rings is 2. The number of ether oxygens (including phenoxy) is 1. The Hall–Kier alpha value is -2.02. The third-order valence-corrected chi connectivity index (χ3v) is 5.62. The molecule has 0 radical (unpaired) electrons. The third-order valence-electron chi connectivity index (χ3n) is 5.62. The zero-order valence-electron chi connectivity index (χ0n) is 16.3. The van der Waals surface area contributed by atoms with Gasteiger partial charge in [0.1, 0.15) is 5.54 Å². The van der Waals surface area contributed by atoms with Crippen molar-refractivity contribution in [1.29, 1.82) is 0 Å². The van der Waals surface area contributed by atoms with Gasteiger partial charge in [-0.3, -0.25) is 4.79 Å². The van der Waals surface area contributed by atoms with E-state index in [1.54, 1.807) is 6.07 Å². The number of rotatable bonds is 3. The molecule has 4 rings (SSSR count). The molecule has 29 heavy (non-hydrogen) atoms. The zero-order chi connectivity index (χ0) is 19.0. The number of piperazine rings is 1. The first-order valence-corrected chi connectivity index (χ1v) is 9.24. The van der Waals surface area contributed by atoms with E-state index in [1.807, 2.05) is 35.2 Å². The van der Waals surface area contributed by atoms with Gasteiger partial charge in [-0.05, 0) is 36.1 Å². The van der Waals surface area contributed by atoms with Gasteiger partial charge in [0.2, 0.25) is 5.91 Å². The summed E-state index contributed by atoms with van der Waals surface area (Å²) in [6.45, 7) is 2.48. The van der Waals surface area contributed by atoms with E-state index < -0.39 is 5.54 Å². The Morgan fingerprint density at radius 2 is 1.62 bits per heavy atom. The molecule has 1 aliphatic heterocycles. The van der Waals surface area contributed by atoms with Crippen LogP contribution in [0.2, 0.25) is 0 Å². The van der Waals surface area contributed by atoms with Crippen LogP contribution < -0.4 is 15.4 Å². The van der Waals surface area contributed by atoms with Crippen molar-refractivity contribution in [2.75, 3.05) is 38.2 Å². The standard InChI is InChI=1S/C21H24FN3O2.2ClH/c1-27-19-7-6-17(12-18(19)22)24-8-10-25(11-9-24)20(26)21(23)13-15-4-2-3-5-16(15)14-21;;/h2-7,12H,8-11,13-14,23H2,1H3;2*1H. The molecule has 0 atom stereocenters. The molecule has 158 valence electrons. The van der Waals surface area contributed by atoms with E-state index in [2.05, 4.69) is 4.90 Å². The van der Waals surface area contributed by atoms with Gasteiger partial charge in [-0.25, -0.2) is 4.39 Å². The van der Waals surface area contributed by atoms with Gasteiger partial charge in [0.25, 0.3) is 0 Å².